The monoisotopic (exact) mass is 286 g/mol. The number of rotatable bonds is 6. The summed E-state index contributed by atoms with van der Waals surface area (Å²) in [6, 6.07) is -1.29. The minimum Gasteiger partial charge on any atom is -0.480 e. The molecule has 4 atom stereocenters. The first-order valence-corrected chi connectivity index (χ1v) is 7.06. The first-order chi connectivity index (χ1) is 9.23. The van der Waals surface area contributed by atoms with E-state index in [-0.39, 0.29) is 23.5 Å². The number of amides is 2. The van der Waals surface area contributed by atoms with Crippen molar-refractivity contribution >= 4 is 12.0 Å². The van der Waals surface area contributed by atoms with Crippen LogP contribution in [0.1, 0.15) is 40.5 Å². The third-order valence-corrected chi connectivity index (χ3v) is 4.53. The fraction of sp³-hybridized carbons (Fsp3) is 0.857. The summed E-state index contributed by atoms with van der Waals surface area (Å²) in [5.74, 6) is -1.11. The molecule has 0 aromatic rings. The molecule has 3 N–H and O–H groups in total. The molecule has 0 aliphatic heterocycles. The second-order valence-corrected chi connectivity index (χ2v) is 6.15. The third kappa shape index (κ3) is 3.42. The third-order valence-electron chi connectivity index (χ3n) is 4.53. The normalized spacial score (nSPS) is 27.1. The number of carboxylic acid groups (broad SMARTS) is 1. The van der Waals surface area contributed by atoms with Crippen molar-refractivity contribution in [3.8, 4) is 0 Å². The molecular weight excluding hydrogens is 260 g/mol. The van der Waals surface area contributed by atoms with Gasteiger partial charge < -0.3 is 20.5 Å². The predicted octanol–water partition coefficient (Wildman–Crippen LogP) is 1.60. The van der Waals surface area contributed by atoms with Crippen LogP contribution in [0, 0.1) is 11.3 Å². The van der Waals surface area contributed by atoms with E-state index in [1.165, 1.54) is 0 Å². The van der Waals surface area contributed by atoms with Crippen molar-refractivity contribution in [2.75, 3.05) is 7.11 Å². The van der Waals surface area contributed by atoms with Gasteiger partial charge in [-0.15, -0.1) is 0 Å². The van der Waals surface area contributed by atoms with Gasteiger partial charge in [0.25, 0.3) is 0 Å². The quantitative estimate of drug-likeness (QED) is 0.692. The minimum absolute atomic E-state index is 0.00109. The van der Waals surface area contributed by atoms with Gasteiger partial charge in [0, 0.05) is 18.6 Å². The first kappa shape index (κ1) is 16.8. The maximum atomic E-state index is 11.9. The molecule has 20 heavy (non-hydrogen) atoms. The summed E-state index contributed by atoms with van der Waals surface area (Å²) in [5, 5.41) is 14.5. The predicted molar refractivity (Wildman–Crippen MR) is 75.5 cm³/mol. The Kier molecular flexibility index (Phi) is 5.39. The van der Waals surface area contributed by atoms with Crippen molar-refractivity contribution in [2.24, 2.45) is 11.3 Å². The number of carboxylic acids is 1. The zero-order valence-electron chi connectivity index (χ0n) is 12.9. The number of hydrogen-bond acceptors (Lipinski definition) is 3. The lowest BCUT2D eigenvalue weighted by Gasteiger charge is -2.51. The molecule has 0 radical (unpaired) electrons. The van der Waals surface area contributed by atoms with E-state index in [4.69, 9.17) is 9.84 Å². The van der Waals surface area contributed by atoms with Crippen LogP contribution in [-0.4, -0.2) is 42.4 Å². The molecule has 0 aromatic heterocycles. The van der Waals surface area contributed by atoms with Crippen LogP contribution in [0.15, 0.2) is 0 Å². The topological polar surface area (TPSA) is 87.7 Å². The molecule has 1 rings (SSSR count). The Balaban J connectivity index is 2.54. The molecule has 6 heteroatoms. The SMILES string of the molecule is CC[C@H](C)[C@H](NC(=O)NC1CC(OC)C1(C)C)C(=O)O. The Bertz CT molecular complexity index is 370. The van der Waals surface area contributed by atoms with E-state index in [0.29, 0.717) is 6.42 Å². The molecule has 0 bridgehead atoms. The zero-order chi connectivity index (χ0) is 15.5. The smallest absolute Gasteiger partial charge is 0.326 e. The number of nitrogens with one attached hydrogen (secondary N) is 2. The summed E-state index contributed by atoms with van der Waals surface area (Å²) in [6.45, 7) is 7.77. The van der Waals surface area contributed by atoms with Crippen molar-refractivity contribution in [1.82, 2.24) is 10.6 Å². The molecule has 1 aliphatic rings. The molecule has 0 aromatic carbocycles. The fourth-order valence-electron chi connectivity index (χ4n) is 2.55. The highest BCUT2D eigenvalue weighted by Gasteiger charge is 2.49. The molecule has 0 saturated heterocycles. The summed E-state index contributed by atoms with van der Waals surface area (Å²) < 4.78 is 5.32. The molecule has 2 amide bonds. The standard InChI is InChI=1S/C14H26N2O4/c1-6-8(2)11(12(17)18)16-13(19)15-9-7-10(20-5)14(9,3)4/h8-11H,6-7H2,1-5H3,(H,17,18)(H2,15,16,19)/t8-,9?,10?,11-/m0/s1. The highest BCUT2D eigenvalue weighted by molar-refractivity contribution is 5.83. The van der Waals surface area contributed by atoms with E-state index in [0.717, 1.165) is 6.42 Å². The van der Waals surface area contributed by atoms with Gasteiger partial charge in [-0.25, -0.2) is 9.59 Å². The number of aliphatic carboxylic acids is 1. The lowest BCUT2D eigenvalue weighted by atomic mass is 9.64. The Morgan fingerprint density at radius 3 is 2.45 bits per heavy atom. The van der Waals surface area contributed by atoms with Crippen LogP contribution >= 0.6 is 0 Å². The molecule has 0 spiro atoms. The fourth-order valence-corrected chi connectivity index (χ4v) is 2.55. The Morgan fingerprint density at radius 1 is 1.45 bits per heavy atom. The number of carbonyl (C=O) groups is 2. The average molecular weight is 286 g/mol. The number of ether oxygens (including phenoxy) is 1. The second-order valence-electron chi connectivity index (χ2n) is 6.15. The van der Waals surface area contributed by atoms with Crippen LogP contribution < -0.4 is 10.6 Å². The van der Waals surface area contributed by atoms with Gasteiger partial charge in [0.05, 0.1) is 6.10 Å². The van der Waals surface area contributed by atoms with Crippen LogP contribution in [0.25, 0.3) is 0 Å². The highest BCUT2D eigenvalue weighted by atomic mass is 16.5. The number of methoxy groups -OCH3 is 1. The number of carbonyl (C=O) groups excluding carboxylic acids is 1. The molecule has 1 aliphatic carbocycles. The highest BCUT2D eigenvalue weighted by Crippen LogP contribution is 2.42. The number of hydrogen-bond donors (Lipinski definition) is 3. The van der Waals surface area contributed by atoms with Crippen molar-refractivity contribution in [3.63, 3.8) is 0 Å². The van der Waals surface area contributed by atoms with Gasteiger partial charge in [0.15, 0.2) is 0 Å². The lowest BCUT2D eigenvalue weighted by molar-refractivity contribution is -0.140. The molecule has 1 fully saturated rings. The minimum atomic E-state index is -1.00. The van der Waals surface area contributed by atoms with Gasteiger partial charge in [0.2, 0.25) is 0 Å². The molecule has 0 heterocycles. The van der Waals surface area contributed by atoms with Gasteiger partial charge in [-0.2, -0.15) is 0 Å². The van der Waals surface area contributed by atoms with E-state index in [1.807, 2.05) is 27.7 Å². The molecular formula is C14H26N2O4. The first-order valence-electron chi connectivity index (χ1n) is 7.06. The lowest BCUT2D eigenvalue weighted by Crippen LogP contribution is -2.64. The summed E-state index contributed by atoms with van der Waals surface area (Å²) in [4.78, 5) is 23.1. The summed E-state index contributed by atoms with van der Waals surface area (Å²) in [5.41, 5.74) is -0.138. The van der Waals surface area contributed by atoms with Crippen LogP contribution in [0.2, 0.25) is 0 Å². The van der Waals surface area contributed by atoms with Crippen LogP contribution in [0.3, 0.4) is 0 Å². The van der Waals surface area contributed by atoms with E-state index >= 15 is 0 Å². The summed E-state index contributed by atoms with van der Waals surface area (Å²) in [6.07, 6.45) is 1.56. The van der Waals surface area contributed by atoms with Crippen molar-refractivity contribution in [2.45, 2.75) is 58.7 Å². The van der Waals surface area contributed by atoms with E-state index in [2.05, 4.69) is 10.6 Å². The zero-order valence-corrected chi connectivity index (χ0v) is 12.9. The molecule has 2 unspecified atom stereocenters. The maximum absolute atomic E-state index is 11.9. The van der Waals surface area contributed by atoms with Crippen molar-refractivity contribution in [3.05, 3.63) is 0 Å². The van der Waals surface area contributed by atoms with Crippen LogP contribution in [0.4, 0.5) is 4.79 Å². The van der Waals surface area contributed by atoms with E-state index < -0.39 is 18.0 Å². The average Bonchev–Trinajstić information content (AvgIpc) is 2.39. The van der Waals surface area contributed by atoms with E-state index in [1.54, 1.807) is 7.11 Å². The Labute approximate surface area is 120 Å². The molecule has 1 saturated carbocycles. The maximum Gasteiger partial charge on any atom is 0.326 e. The molecule has 116 valence electrons. The van der Waals surface area contributed by atoms with E-state index in [9.17, 15) is 9.59 Å². The largest absolute Gasteiger partial charge is 0.480 e. The second kappa shape index (κ2) is 6.43. The summed E-state index contributed by atoms with van der Waals surface area (Å²) in [7, 11) is 1.66. The van der Waals surface area contributed by atoms with Crippen LogP contribution in [0.5, 0.6) is 0 Å². The molecule has 6 nitrogen and oxygen atoms in total. The van der Waals surface area contributed by atoms with Gasteiger partial charge in [-0.1, -0.05) is 34.1 Å². The van der Waals surface area contributed by atoms with Crippen molar-refractivity contribution < 1.29 is 19.4 Å². The van der Waals surface area contributed by atoms with Gasteiger partial charge in [-0.3, -0.25) is 0 Å². The summed E-state index contributed by atoms with van der Waals surface area (Å²) >= 11 is 0. The van der Waals surface area contributed by atoms with Gasteiger partial charge in [-0.05, 0) is 12.3 Å². The number of urea groups is 1. The van der Waals surface area contributed by atoms with Crippen molar-refractivity contribution in [1.29, 1.82) is 0 Å². The van der Waals surface area contributed by atoms with Gasteiger partial charge >= 0.3 is 12.0 Å². The Hall–Kier alpha value is -1.30. The van der Waals surface area contributed by atoms with Gasteiger partial charge in [0.1, 0.15) is 6.04 Å². The van der Waals surface area contributed by atoms with Crippen LogP contribution in [-0.2, 0) is 9.53 Å². The Morgan fingerprint density at radius 2 is 2.05 bits per heavy atom.